The van der Waals surface area contributed by atoms with Crippen molar-refractivity contribution in [3.63, 3.8) is 0 Å². The smallest absolute Gasteiger partial charge is 0.319 e. The van der Waals surface area contributed by atoms with Crippen molar-refractivity contribution in [2.24, 2.45) is 0 Å². The minimum atomic E-state index is -0.335. The zero-order chi connectivity index (χ0) is 18.4. The first-order chi connectivity index (χ1) is 12.6. The fraction of sp³-hybridized carbons (Fsp3) is 0.167. The molecule has 0 atom stereocenters. The number of aromatic nitrogens is 2. The van der Waals surface area contributed by atoms with Gasteiger partial charge in [-0.3, -0.25) is 0 Å². The second-order valence-electron chi connectivity index (χ2n) is 5.38. The number of hydrogen-bond acceptors (Lipinski definition) is 5. The van der Waals surface area contributed by atoms with Crippen LogP contribution in [0.25, 0.3) is 11.5 Å². The summed E-state index contributed by atoms with van der Waals surface area (Å²) < 4.78 is 10.7. The molecular formula is C18H17ClN4O3. The minimum absolute atomic E-state index is 0.261. The summed E-state index contributed by atoms with van der Waals surface area (Å²) in [4.78, 5) is 11.9. The average molecular weight is 373 g/mol. The molecule has 134 valence electrons. The molecule has 0 aliphatic carbocycles. The molecule has 1 aromatic carbocycles. The molecule has 0 saturated carbocycles. The van der Waals surface area contributed by atoms with Crippen LogP contribution in [0.2, 0.25) is 5.02 Å². The van der Waals surface area contributed by atoms with Crippen LogP contribution in [-0.2, 0) is 0 Å². The van der Waals surface area contributed by atoms with Gasteiger partial charge in [0.1, 0.15) is 12.3 Å². The van der Waals surface area contributed by atoms with Crippen LogP contribution >= 0.6 is 11.6 Å². The van der Waals surface area contributed by atoms with Gasteiger partial charge in [0.05, 0.1) is 12.8 Å². The van der Waals surface area contributed by atoms with E-state index in [0.717, 1.165) is 5.56 Å². The predicted molar refractivity (Wildman–Crippen MR) is 98.4 cm³/mol. The molecule has 7 nitrogen and oxygen atoms in total. The Morgan fingerprint density at radius 3 is 2.81 bits per heavy atom. The molecule has 0 aliphatic rings. The largest absolute Gasteiger partial charge is 0.475 e. The Hall–Kier alpha value is -3.06. The average Bonchev–Trinajstić information content (AvgIpc) is 3.18. The third-order valence-corrected chi connectivity index (χ3v) is 3.98. The van der Waals surface area contributed by atoms with Gasteiger partial charge in [-0.15, -0.1) is 10.2 Å². The van der Waals surface area contributed by atoms with Crippen molar-refractivity contribution in [2.75, 3.05) is 18.5 Å². The van der Waals surface area contributed by atoms with Crippen molar-refractivity contribution >= 4 is 23.3 Å². The summed E-state index contributed by atoms with van der Waals surface area (Å²) in [5, 5.41) is 14.0. The number of ether oxygens (including phenoxy) is 1. The van der Waals surface area contributed by atoms with E-state index in [1.807, 2.05) is 6.92 Å². The molecule has 3 rings (SSSR count). The number of anilines is 1. The first-order valence-corrected chi connectivity index (χ1v) is 8.31. The molecule has 2 aromatic heterocycles. The second-order valence-corrected chi connectivity index (χ2v) is 5.78. The Kier molecular flexibility index (Phi) is 5.70. The molecule has 2 heterocycles. The number of carbonyl (C=O) groups is 1. The number of rotatable bonds is 6. The predicted octanol–water partition coefficient (Wildman–Crippen LogP) is 3.90. The summed E-state index contributed by atoms with van der Waals surface area (Å²) in [6.07, 6.45) is 1.57. The molecule has 8 heteroatoms. The maximum atomic E-state index is 11.9. The summed E-state index contributed by atoms with van der Waals surface area (Å²) in [7, 11) is 0. The van der Waals surface area contributed by atoms with E-state index >= 15 is 0 Å². The third-order valence-electron chi connectivity index (χ3n) is 3.57. The van der Waals surface area contributed by atoms with Gasteiger partial charge in [-0.1, -0.05) is 17.7 Å². The number of halogens is 1. The zero-order valence-electron chi connectivity index (χ0n) is 14.0. The fourth-order valence-electron chi connectivity index (χ4n) is 2.18. The van der Waals surface area contributed by atoms with E-state index in [4.69, 9.17) is 20.8 Å². The molecule has 0 spiro atoms. The summed E-state index contributed by atoms with van der Waals surface area (Å²) in [5.41, 5.74) is 2.10. The van der Waals surface area contributed by atoms with Crippen LogP contribution in [-0.4, -0.2) is 29.4 Å². The maximum Gasteiger partial charge on any atom is 0.319 e. The highest BCUT2D eigenvalue weighted by Gasteiger charge is 2.07. The van der Waals surface area contributed by atoms with Gasteiger partial charge in [-0.2, -0.15) is 0 Å². The highest BCUT2D eigenvalue weighted by atomic mass is 35.5. The Bertz CT molecular complexity index is 867. The van der Waals surface area contributed by atoms with E-state index in [1.165, 1.54) is 0 Å². The number of furan rings is 1. The minimum Gasteiger partial charge on any atom is -0.475 e. The standard InChI is InChI=1S/C18H17ClN4O3/c1-12-13(19)4-2-5-14(12)21-18(24)20-9-11-26-17-8-7-15(22-23-17)16-6-3-10-25-16/h2-8,10H,9,11H2,1H3,(H2,20,21,24). The highest BCUT2D eigenvalue weighted by Crippen LogP contribution is 2.22. The number of hydrogen-bond donors (Lipinski definition) is 2. The van der Waals surface area contributed by atoms with Crippen molar-refractivity contribution in [1.82, 2.24) is 15.5 Å². The van der Waals surface area contributed by atoms with Crippen molar-refractivity contribution in [3.8, 4) is 17.3 Å². The van der Waals surface area contributed by atoms with E-state index in [-0.39, 0.29) is 12.6 Å². The highest BCUT2D eigenvalue weighted by molar-refractivity contribution is 6.31. The number of benzene rings is 1. The van der Waals surface area contributed by atoms with Crippen molar-refractivity contribution in [1.29, 1.82) is 0 Å². The molecule has 3 aromatic rings. The van der Waals surface area contributed by atoms with E-state index in [0.29, 0.717) is 34.6 Å². The van der Waals surface area contributed by atoms with Gasteiger partial charge < -0.3 is 19.8 Å². The Labute approximate surface area is 155 Å². The summed E-state index contributed by atoms with van der Waals surface area (Å²) in [6, 6.07) is 12.0. The van der Waals surface area contributed by atoms with Gasteiger partial charge in [-0.05, 0) is 42.8 Å². The van der Waals surface area contributed by atoms with Crippen LogP contribution < -0.4 is 15.4 Å². The van der Waals surface area contributed by atoms with Crippen molar-refractivity contribution in [2.45, 2.75) is 6.92 Å². The van der Waals surface area contributed by atoms with Gasteiger partial charge in [0, 0.05) is 16.8 Å². The second kappa shape index (κ2) is 8.35. The normalized spacial score (nSPS) is 10.4. The molecule has 0 aliphatic heterocycles. The lowest BCUT2D eigenvalue weighted by molar-refractivity contribution is 0.246. The van der Waals surface area contributed by atoms with Gasteiger partial charge in [0.15, 0.2) is 5.76 Å². The van der Waals surface area contributed by atoms with Gasteiger partial charge >= 0.3 is 6.03 Å². The van der Waals surface area contributed by atoms with E-state index in [2.05, 4.69) is 20.8 Å². The molecule has 26 heavy (non-hydrogen) atoms. The molecule has 0 unspecified atom stereocenters. The Morgan fingerprint density at radius 1 is 1.19 bits per heavy atom. The fourth-order valence-corrected chi connectivity index (χ4v) is 2.36. The quantitative estimate of drug-likeness (QED) is 0.640. The Morgan fingerprint density at radius 2 is 2.08 bits per heavy atom. The molecule has 0 bridgehead atoms. The van der Waals surface area contributed by atoms with E-state index in [9.17, 15) is 4.79 Å². The first-order valence-electron chi connectivity index (χ1n) is 7.94. The molecule has 0 fully saturated rings. The molecular weight excluding hydrogens is 356 g/mol. The van der Waals surface area contributed by atoms with Gasteiger partial charge in [0.25, 0.3) is 0 Å². The number of nitrogens with zero attached hydrogens (tertiary/aromatic N) is 2. The lowest BCUT2D eigenvalue weighted by Crippen LogP contribution is -2.32. The van der Waals surface area contributed by atoms with Gasteiger partial charge in [0.2, 0.25) is 5.88 Å². The van der Waals surface area contributed by atoms with E-state index < -0.39 is 0 Å². The van der Waals surface area contributed by atoms with E-state index in [1.54, 1.807) is 48.7 Å². The maximum absolute atomic E-state index is 11.9. The van der Waals surface area contributed by atoms with Crippen LogP contribution in [0.5, 0.6) is 5.88 Å². The topological polar surface area (TPSA) is 89.3 Å². The van der Waals surface area contributed by atoms with Crippen molar-refractivity contribution in [3.05, 3.63) is 59.3 Å². The number of carbonyl (C=O) groups excluding carboxylic acids is 1. The lowest BCUT2D eigenvalue weighted by atomic mass is 10.2. The van der Waals surface area contributed by atoms with Crippen LogP contribution in [0.1, 0.15) is 5.56 Å². The monoisotopic (exact) mass is 372 g/mol. The summed E-state index contributed by atoms with van der Waals surface area (Å²) in [5.74, 6) is 1.01. The number of nitrogens with one attached hydrogen (secondary N) is 2. The lowest BCUT2D eigenvalue weighted by Gasteiger charge is -2.11. The summed E-state index contributed by atoms with van der Waals surface area (Å²) in [6.45, 7) is 2.41. The molecule has 2 amide bonds. The number of urea groups is 1. The molecule has 2 N–H and O–H groups in total. The Balaban J connectivity index is 1.42. The zero-order valence-corrected chi connectivity index (χ0v) is 14.8. The first kappa shape index (κ1) is 17.8. The van der Waals surface area contributed by atoms with Crippen LogP contribution in [0, 0.1) is 6.92 Å². The van der Waals surface area contributed by atoms with Crippen LogP contribution in [0.4, 0.5) is 10.5 Å². The number of amides is 2. The molecule has 0 radical (unpaired) electrons. The van der Waals surface area contributed by atoms with Crippen LogP contribution in [0.15, 0.2) is 53.1 Å². The van der Waals surface area contributed by atoms with Crippen molar-refractivity contribution < 1.29 is 13.9 Å². The van der Waals surface area contributed by atoms with Gasteiger partial charge in [-0.25, -0.2) is 4.79 Å². The summed E-state index contributed by atoms with van der Waals surface area (Å²) >= 11 is 6.03. The van der Waals surface area contributed by atoms with Crippen LogP contribution in [0.3, 0.4) is 0 Å². The third kappa shape index (κ3) is 4.52. The molecule has 0 saturated heterocycles. The SMILES string of the molecule is Cc1c(Cl)cccc1NC(=O)NCCOc1ccc(-c2ccco2)nn1.